The Morgan fingerprint density at radius 3 is 2.53 bits per heavy atom. The Bertz CT molecular complexity index is 669. The van der Waals surface area contributed by atoms with E-state index in [4.69, 9.17) is 0 Å². The van der Waals surface area contributed by atoms with Crippen molar-refractivity contribution in [2.45, 2.75) is 10.3 Å². The SMILES string of the molecule is Brc1cnc(Sc2n[nH]c(-c3ccncc3)n2)nc1. The molecular formula is C11H7BrN6S. The highest BCUT2D eigenvalue weighted by Gasteiger charge is 2.08. The number of hydrogen-bond acceptors (Lipinski definition) is 6. The smallest absolute Gasteiger partial charge is 0.216 e. The zero-order valence-electron chi connectivity index (χ0n) is 9.49. The molecule has 0 bridgehead atoms. The summed E-state index contributed by atoms with van der Waals surface area (Å²) in [5, 5.41) is 8.18. The molecule has 3 aromatic heterocycles. The fourth-order valence-corrected chi connectivity index (χ4v) is 2.17. The van der Waals surface area contributed by atoms with Crippen molar-refractivity contribution < 1.29 is 0 Å². The minimum Gasteiger partial charge on any atom is -0.265 e. The van der Waals surface area contributed by atoms with E-state index in [1.807, 2.05) is 12.1 Å². The summed E-state index contributed by atoms with van der Waals surface area (Å²) in [6.45, 7) is 0. The molecule has 8 heteroatoms. The van der Waals surface area contributed by atoms with Gasteiger partial charge in [-0.2, -0.15) is 0 Å². The summed E-state index contributed by atoms with van der Waals surface area (Å²) in [6.07, 6.45) is 6.79. The van der Waals surface area contributed by atoms with E-state index in [2.05, 4.69) is 46.1 Å². The van der Waals surface area contributed by atoms with E-state index < -0.39 is 0 Å². The van der Waals surface area contributed by atoms with Crippen molar-refractivity contribution in [2.24, 2.45) is 0 Å². The number of hydrogen-bond donors (Lipinski definition) is 1. The van der Waals surface area contributed by atoms with Gasteiger partial charge in [0.2, 0.25) is 5.16 Å². The third kappa shape index (κ3) is 2.96. The predicted molar refractivity (Wildman–Crippen MR) is 73.5 cm³/mol. The maximum absolute atomic E-state index is 4.38. The van der Waals surface area contributed by atoms with Gasteiger partial charge in [-0.3, -0.25) is 10.1 Å². The summed E-state index contributed by atoms with van der Waals surface area (Å²) < 4.78 is 0.837. The quantitative estimate of drug-likeness (QED) is 0.741. The van der Waals surface area contributed by atoms with Crippen LogP contribution in [0.5, 0.6) is 0 Å². The Labute approximate surface area is 121 Å². The molecule has 6 nitrogen and oxygen atoms in total. The Morgan fingerprint density at radius 1 is 1.05 bits per heavy atom. The van der Waals surface area contributed by atoms with Gasteiger partial charge >= 0.3 is 0 Å². The van der Waals surface area contributed by atoms with Crippen molar-refractivity contribution in [2.75, 3.05) is 0 Å². The number of nitrogens with one attached hydrogen (secondary N) is 1. The normalized spacial score (nSPS) is 10.6. The average molecular weight is 335 g/mol. The summed E-state index contributed by atoms with van der Waals surface area (Å²) in [5.74, 6) is 0.696. The maximum Gasteiger partial charge on any atom is 0.216 e. The van der Waals surface area contributed by atoms with Crippen molar-refractivity contribution in [1.29, 1.82) is 0 Å². The first-order valence-corrected chi connectivity index (χ1v) is 6.90. The van der Waals surface area contributed by atoms with Gasteiger partial charge in [0.15, 0.2) is 11.0 Å². The zero-order valence-corrected chi connectivity index (χ0v) is 11.9. The van der Waals surface area contributed by atoms with Gasteiger partial charge in [-0.1, -0.05) is 0 Å². The minimum atomic E-state index is 0.578. The standard InChI is InChI=1S/C11H7BrN6S/c12-8-5-14-10(15-6-8)19-11-16-9(17-18-11)7-1-3-13-4-2-7/h1-6H,(H,16,17,18). The number of H-pyrrole nitrogens is 1. The molecule has 3 heterocycles. The first-order valence-electron chi connectivity index (χ1n) is 5.29. The van der Waals surface area contributed by atoms with E-state index in [9.17, 15) is 0 Å². The Balaban J connectivity index is 1.80. The summed E-state index contributed by atoms with van der Waals surface area (Å²) >= 11 is 4.59. The van der Waals surface area contributed by atoms with Crippen LogP contribution in [0, 0.1) is 0 Å². The molecule has 1 N–H and O–H groups in total. The molecular weight excluding hydrogens is 328 g/mol. The van der Waals surface area contributed by atoms with Crippen LogP contribution >= 0.6 is 27.7 Å². The van der Waals surface area contributed by atoms with Gasteiger partial charge in [-0.05, 0) is 39.8 Å². The number of pyridine rings is 1. The highest BCUT2D eigenvalue weighted by molar-refractivity contribution is 9.10. The molecule has 3 aromatic rings. The second-order valence-electron chi connectivity index (χ2n) is 3.49. The Morgan fingerprint density at radius 2 is 1.79 bits per heavy atom. The third-order valence-corrected chi connectivity index (χ3v) is 3.37. The van der Waals surface area contributed by atoms with Crippen LogP contribution in [0.3, 0.4) is 0 Å². The lowest BCUT2D eigenvalue weighted by Gasteiger charge is -1.94. The summed E-state index contributed by atoms with van der Waals surface area (Å²) in [5.41, 5.74) is 0.936. The molecule has 0 aliphatic carbocycles. The maximum atomic E-state index is 4.38. The number of aromatic amines is 1. The lowest BCUT2D eigenvalue weighted by molar-refractivity contribution is 0.928. The summed E-state index contributed by atoms with van der Waals surface area (Å²) in [7, 11) is 0. The molecule has 0 atom stereocenters. The third-order valence-electron chi connectivity index (χ3n) is 2.20. The van der Waals surface area contributed by atoms with Gasteiger partial charge in [-0.25, -0.2) is 15.0 Å². The van der Waals surface area contributed by atoms with Gasteiger partial charge in [0.25, 0.3) is 0 Å². The van der Waals surface area contributed by atoms with Crippen LogP contribution in [0.15, 0.2) is 51.7 Å². The average Bonchev–Trinajstić information content (AvgIpc) is 2.91. The molecule has 0 amide bonds. The van der Waals surface area contributed by atoms with Crippen molar-refractivity contribution in [3.63, 3.8) is 0 Å². The second kappa shape index (κ2) is 5.45. The van der Waals surface area contributed by atoms with Gasteiger partial charge in [-0.15, -0.1) is 5.10 Å². The molecule has 0 aliphatic rings. The molecule has 0 aliphatic heterocycles. The van der Waals surface area contributed by atoms with Crippen LogP contribution in [-0.4, -0.2) is 30.1 Å². The van der Waals surface area contributed by atoms with Crippen LogP contribution in [0.2, 0.25) is 0 Å². The van der Waals surface area contributed by atoms with E-state index in [-0.39, 0.29) is 0 Å². The lowest BCUT2D eigenvalue weighted by Crippen LogP contribution is -1.85. The molecule has 19 heavy (non-hydrogen) atoms. The fraction of sp³-hybridized carbons (Fsp3) is 0. The predicted octanol–water partition coefficient (Wildman–Crippen LogP) is 2.57. The molecule has 0 saturated carbocycles. The molecule has 94 valence electrons. The van der Waals surface area contributed by atoms with Crippen LogP contribution in [0.25, 0.3) is 11.4 Å². The van der Waals surface area contributed by atoms with Crippen molar-refractivity contribution in [3.8, 4) is 11.4 Å². The monoisotopic (exact) mass is 334 g/mol. The number of nitrogens with zero attached hydrogens (tertiary/aromatic N) is 5. The van der Waals surface area contributed by atoms with Gasteiger partial charge in [0, 0.05) is 30.4 Å². The van der Waals surface area contributed by atoms with E-state index in [0.717, 1.165) is 10.0 Å². The minimum absolute atomic E-state index is 0.578. The summed E-state index contributed by atoms with van der Waals surface area (Å²) in [4.78, 5) is 16.7. The van der Waals surface area contributed by atoms with Crippen LogP contribution in [0.4, 0.5) is 0 Å². The topological polar surface area (TPSA) is 80.2 Å². The van der Waals surface area contributed by atoms with Crippen molar-refractivity contribution >= 4 is 27.7 Å². The first-order chi connectivity index (χ1) is 9.31. The molecule has 0 aromatic carbocycles. The Hall–Kier alpha value is -1.80. The van der Waals surface area contributed by atoms with E-state index >= 15 is 0 Å². The van der Waals surface area contributed by atoms with E-state index in [1.54, 1.807) is 24.8 Å². The van der Waals surface area contributed by atoms with Crippen LogP contribution in [-0.2, 0) is 0 Å². The molecule has 3 rings (SSSR count). The first kappa shape index (κ1) is 12.2. The number of rotatable bonds is 3. The van der Waals surface area contributed by atoms with E-state index in [1.165, 1.54) is 11.8 Å². The fourth-order valence-electron chi connectivity index (χ4n) is 1.37. The lowest BCUT2D eigenvalue weighted by atomic mass is 10.3. The number of halogens is 1. The molecule has 0 unspecified atom stereocenters. The highest BCUT2D eigenvalue weighted by Crippen LogP contribution is 2.23. The molecule has 0 radical (unpaired) electrons. The van der Waals surface area contributed by atoms with Crippen LogP contribution in [0.1, 0.15) is 0 Å². The Kier molecular flexibility index (Phi) is 3.51. The molecule has 0 fully saturated rings. The van der Waals surface area contributed by atoms with Gasteiger partial charge in [0.05, 0.1) is 4.47 Å². The van der Waals surface area contributed by atoms with Gasteiger partial charge in [0.1, 0.15) is 0 Å². The van der Waals surface area contributed by atoms with Crippen LogP contribution < -0.4 is 0 Å². The largest absolute Gasteiger partial charge is 0.265 e. The van der Waals surface area contributed by atoms with Gasteiger partial charge < -0.3 is 0 Å². The zero-order chi connectivity index (χ0) is 13.1. The molecule has 0 saturated heterocycles. The van der Waals surface area contributed by atoms with E-state index in [0.29, 0.717) is 16.1 Å². The molecule has 0 spiro atoms. The second-order valence-corrected chi connectivity index (χ2v) is 5.34. The van der Waals surface area contributed by atoms with Crippen molar-refractivity contribution in [3.05, 3.63) is 41.4 Å². The highest BCUT2D eigenvalue weighted by atomic mass is 79.9. The number of aromatic nitrogens is 6. The van der Waals surface area contributed by atoms with Crippen molar-refractivity contribution in [1.82, 2.24) is 30.1 Å². The summed E-state index contributed by atoms with van der Waals surface area (Å²) in [6, 6.07) is 3.73.